The monoisotopic (exact) mass is 1630 g/mol. The van der Waals surface area contributed by atoms with Crippen molar-refractivity contribution in [3.63, 3.8) is 0 Å². The van der Waals surface area contributed by atoms with Crippen molar-refractivity contribution in [2.45, 2.75) is 122 Å². The maximum absolute atomic E-state index is 12.8. The molecule has 1 saturated heterocycles. The van der Waals surface area contributed by atoms with Gasteiger partial charge in [0, 0.05) is 149 Å². The fourth-order valence-electron chi connectivity index (χ4n) is 12.9. The number of carbonyl (C=O) groups excluding carboxylic acids is 4. The normalized spacial score (nSPS) is 13.6. The first-order valence-corrected chi connectivity index (χ1v) is 39.6. The molecule has 2 aromatic carbocycles. The molecular weight excluding hydrogens is 1540 g/mol. The zero-order chi connectivity index (χ0) is 80.7. The van der Waals surface area contributed by atoms with E-state index in [-0.39, 0.29) is 57.1 Å². The molecule has 111 heavy (non-hydrogen) atoms. The summed E-state index contributed by atoms with van der Waals surface area (Å²) in [5.74, 6) is 2.90. The van der Waals surface area contributed by atoms with Gasteiger partial charge in [0.1, 0.15) is 48.2 Å². The van der Waals surface area contributed by atoms with Crippen molar-refractivity contribution in [1.29, 1.82) is 0 Å². The van der Waals surface area contributed by atoms with Gasteiger partial charge in [-0.25, -0.2) is 39.1 Å². The lowest BCUT2D eigenvalue weighted by atomic mass is 10.0. The molecule has 10 aromatic rings. The van der Waals surface area contributed by atoms with Crippen molar-refractivity contribution < 1.29 is 23.9 Å². The Kier molecular flexibility index (Phi) is 27.4. The van der Waals surface area contributed by atoms with Crippen LogP contribution in [0.2, 0.25) is 0 Å². The van der Waals surface area contributed by atoms with Crippen LogP contribution in [-0.4, -0.2) is 153 Å². The summed E-state index contributed by atoms with van der Waals surface area (Å²) in [4.78, 5) is 146. The molecule has 3 N–H and O–H groups in total. The molecule has 11 heterocycles. The largest absolute Gasteiger partial charge is 0.379 e. The molecule has 2 fully saturated rings. The number of imidazole rings is 3. The second-order valence-corrected chi connectivity index (χ2v) is 31.5. The number of rotatable bonds is 21. The number of H-pyrrole nitrogens is 2. The highest BCUT2D eigenvalue weighted by atomic mass is 32.2. The third-order valence-corrected chi connectivity index (χ3v) is 22.9. The van der Waals surface area contributed by atoms with E-state index in [2.05, 4.69) is 45.9 Å². The Morgan fingerprint density at radius 1 is 0.595 bits per heavy atom. The number of thioether (sulfide) groups is 2. The van der Waals surface area contributed by atoms with Crippen molar-refractivity contribution >= 4 is 146 Å². The van der Waals surface area contributed by atoms with Crippen LogP contribution in [0, 0.1) is 45.4 Å². The molecule has 0 spiro atoms. The number of aromatic nitrogens is 16. The van der Waals surface area contributed by atoms with Gasteiger partial charge in [0.15, 0.2) is 49.1 Å². The number of benzene rings is 2. The number of nitrogens with zero attached hydrogens (tertiary/aromatic N) is 16. The van der Waals surface area contributed by atoms with E-state index in [1.54, 1.807) is 53.8 Å². The van der Waals surface area contributed by atoms with Gasteiger partial charge in [0.2, 0.25) is 0 Å². The predicted octanol–water partition coefficient (Wildman–Crippen LogP) is 8.78. The maximum Gasteiger partial charge on any atom is 0.332 e. The smallest absolute Gasteiger partial charge is 0.332 e. The predicted molar refractivity (Wildman–Crippen MR) is 442 cm³/mol. The molecule has 3 aliphatic heterocycles. The van der Waals surface area contributed by atoms with Crippen LogP contribution in [0.3, 0.4) is 0 Å². The van der Waals surface area contributed by atoms with E-state index in [0.29, 0.717) is 120 Å². The van der Waals surface area contributed by atoms with Crippen LogP contribution >= 0.6 is 72.4 Å². The second-order valence-electron chi connectivity index (χ2n) is 28.0. The van der Waals surface area contributed by atoms with Gasteiger partial charge in [0.25, 0.3) is 11.1 Å². The van der Waals surface area contributed by atoms with Gasteiger partial charge in [0.05, 0.1) is 36.6 Å². The number of hydrogen-bond acceptors (Lipinski definition) is 23. The Bertz CT molecular complexity index is 6040. The molecule has 0 radical (unpaired) electrons. The van der Waals surface area contributed by atoms with E-state index in [4.69, 9.17) is 63.6 Å². The topological polar surface area (TPSA) is 332 Å². The van der Waals surface area contributed by atoms with Crippen molar-refractivity contribution in [1.82, 2.24) is 80.1 Å². The summed E-state index contributed by atoms with van der Waals surface area (Å²) in [6, 6.07) is 13.5. The van der Waals surface area contributed by atoms with E-state index in [1.807, 2.05) is 63.2 Å². The van der Waals surface area contributed by atoms with E-state index in [9.17, 15) is 47.9 Å². The maximum atomic E-state index is 12.8. The number of aryl methyl sites for hydroxylation is 7. The zero-order valence-electron chi connectivity index (χ0n) is 64.4. The van der Waals surface area contributed by atoms with Gasteiger partial charge in [-0.3, -0.25) is 60.6 Å². The molecule has 0 amide bonds. The number of fused-ring (bicyclic) bond motifs is 5. The molecule has 14 rings (SSSR count). The average molecular weight is 1630 g/mol. The van der Waals surface area contributed by atoms with Crippen LogP contribution < -0.4 is 39.2 Å². The number of hydrogen-bond donors (Lipinski definition) is 3. The van der Waals surface area contributed by atoms with Crippen LogP contribution in [0.15, 0.2) is 105 Å². The standard InChI is InChI=1S/C22H27N5O3S2.C21H24N4O2S2.C13H17N3O3.C12H16N4O3.C7H7N3S2/c1-15-4-6-16(7-5-15)17(28)14-32-21-23-19-18(20(31)25(3)22(29)24(19)2)27(21)9-8-26-10-12-30-13-11-26;1-12-5-8-15(13(2)9-12)16(26)11-29-20-22-18-17(25(20)10-14-6-7-14)19(28)24(4)21(27)23(18)3;1-8(17)5-4-6-9-7-10-11(14-9)15(2)13(19)16(3)12(10)18;1-8(17)5-4-6-16-7-13-10-9(16)11(18)15(3)12(19)14(10)2;1-3-2-4-5(8-3)9-7(12)10-6(4)11/h4-7H,8-14H2,1-3H3;5,8-9,14H,6-7,10-11H2,1-4H3;4-7H2,1-3H3;7H,4-6H2,1-3H3;1-2H2,(H3,8,9,10,11,12). The lowest BCUT2D eigenvalue weighted by Gasteiger charge is -2.26. The number of anilines is 1. The van der Waals surface area contributed by atoms with Gasteiger partial charge in [-0.05, 0) is 90.4 Å². The molecule has 0 atom stereocenters. The molecule has 0 bridgehead atoms. The summed E-state index contributed by atoms with van der Waals surface area (Å²) in [6.45, 7) is 18.9. The minimum Gasteiger partial charge on any atom is -0.379 e. The molecule has 588 valence electrons. The summed E-state index contributed by atoms with van der Waals surface area (Å²) in [5.41, 5.74) is 9.76. The Balaban J connectivity index is 0.000000153. The minimum atomic E-state index is -0.397. The number of morpholine rings is 1. The Morgan fingerprint density at radius 2 is 1.14 bits per heavy atom. The zero-order valence-corrected chi connectivity index (χ0v) is 69.3. The Hall–Kier alpha value is -9.56. The first-order valence-electron chi connectivity index (χ1n) is 36.0. The van der Waals surface area contributed by atoms with Gasteiger partial charge >= 0.3 is 22.8 Å². The number of ketones is 4. The van der Waals surface area contributed by atoms with E-state index >= 15 is 0 Å². The van der Waals surface area contributed by atoms with Crippen molar-refractivity contribution in [3.8, 4) is 0 Å². The molecule has 8 aromatic heterocycles. The molecule has 0 unspecified atom stereocenters. The van der Waals surface area contributed by atoms with Crippen molar-refractivity contribution in [3.05, 3.63) is 181 Å². The van der Waals surface area contributed by atoms with E-state index in [1.165, 1.54) is 91.1 Å². The third kappa shape index (κ3) is 19.3. The van der Waals surface area contributed by atoms with E-state index in [0.717, 1.165) is 123 Å². The SMILES string of the molecule is C=C1Cc2c([nH]c(=S)[nH]c2=S)N1.CC(=O)CCCC1=Nc2c(c(=O)n(C)c(=O)n2C)C1.CC(=O)CCCn1cnc2c1c(=O)n(C)c(=O)n2C.Cc1ccc(C(=O)CSc2nc3c(c(=S)n(C)c(=O)n3C)n2CC2CC2)c(C)c1.Cc1ccc(C(=O)CSc2nc3c(c(=S)n(C)c(=O)n3C)n2CCN2CCOCC2)cc1. The molecule has 36 heteroatoms. The van der Waals surface area contributed by atoms with Gasteiger partial charge in [-0.1, -0.05) is 120 Å². The molecule has 4 aliphatic rings. The minimum absolute atomic E-state index is 0.0415. The molecule has 1 saturated carbocycles. The summed E-state index contributed by atoms with van der Waals surface area (Å²) in [6.07, 6.45) is 8.22. The lowest BCUT2D eigenvalue weighted by Crippen LogP contribution is -2.38. The summed E-state index contributed by atoms with van der Waals surface area (Å²) >= 11 is 24.0. The number of aromatic amines is 2. The summed E-state index contributed by atoms with van der Waals surface area (Å²) < 4.78 is 24.4. The first-order chi connectivity index (χ1) is 52.6. The molecule has 1 aliphatic carbocycles. The number of ether oxygens (including phenoxy) is 1. The van der Waals surface area contributed by atoms with Gasteiger partial charge in [-0.2, -0.15) is 0 Å². The Morgan fingerprint density at radius 3 is 1.75 bits per heavy atom. The van der Waals surface area contributed by atoms with Crippen LogP contribution in [0.25, 0.3) is 33.5 Å². The fraction of sp³-hybridized carbons (Fsp3) is 0.440. The summed E-state index contributed by atoms with van der Waals surface area (Å²) in [5, 5.41) is 4.52. The van der Waals surface area contributed by atoms with Gasteiger partial charge < -0.3 is 43.3 Å². The van der Waals surface area contributed by atoms with Crippen LogP contribution in [0.5, 0.6) is 0 Å². The van der Waals surface area contributed by atoms with Gasteiger partial charge in [-0.15, -0.1) is 0 Å². The third-order valence-electron chi connectivity index (χ3n) is 19.5. The van der Waals surface area contributed by atoms with Crippen molar-refractivity contribution in [2.75, 3.05) is 49.7 Å². The van der Waals surface area contributed by atoms with Crippen molar-refractivity contribution in [2.24, 2.45) is 67.3 Å². The fourth-order valence-corrected chi connectivity index (χ4v) is 15.8. The van der Waals surface area contributed by atoms with E-state index < -0.39 is 5.69 Å². The highest BCUT2D eigenvalue weighted by Gasteiger charge is 2.29. The number of Topliss-reactive ketones (excluding diaryl/α,β-unsaturated/α-hetero) is 4. The molecular formula is C75H91N19O11S6. The molecule has 30 nitrogen and oxygen atoms in total. The highest BCUT2D eigenvalue weighted by Crippen LogP contribution is 2.35. The first kappa shape index (κ1) is 83.9. The number of carbonyl (C=O) groups is 4. The van der Waals surface area contributed by atoms with Crippen LogP contribution in [0.1, 0.15) is 107 Å². The second kappa shape index (κ2) is 36.3. The number of nitrogens with one attached hydrogen (secondary N) is 3. The van der Waals surface area contributed by atoms with Crippen LogP contribution in [0.4, 0.5) is 11.6 Å². The summed E-state index contributed by atoms with van der Waals surface area (Å²) in [7, 11) is 12.9. The average Bonchev–Trinajstić information content (AvgIpc) is 1.62. The van der Waals surface area contributed by atoms with Crippen LogP contribution in [-0.2, 0) is 103 Å². The Labute approximate surface area is 666 Å². The quantitative estimate of drug-likeness (QED) is 0.0343. The number of aliphatic imine (C=N–C) groups is 1. The highest BCUT2D eigenvalue weighted by molar-refractivity contribution is 8.00. The lowest BCUT2D eigenvalue weighted by molar-refractivity contribution is -0.117. The number of allylic oxidation sites excluding steroid dienone is 1.